The van der Waals surface area contributed by atoms with Crippen LogP contribution in [0.25, 0.3) is 11.5 Å². The summed E-state index contributed by atoms with van der Waals surface area (Å²) in [6, 6.07) is 0. The number of hydrogen-bond donors (Lipinski definition) is 1. The van der Waals surface area contributed by atoms with Crippen LogP contribution < -0.4 is 5.73 Å². The van der Waals surface area contributed by atoms with E-state index in [1.165, 1.54) is 0 Å². The third kappa shape index (κ3) is 2.12. The zero-order chi connectivity index (χ0) is 13.1. The van der Waals surface area contributed by atoms with Gasteiger partial charge < -0.3 is 10.3 Å². The van der Waals surface area contributed by atoms with Crippen molar-refractivity contribution >= 4 is 11.6 Å². The first-order chi connectivity index (χ1) is 8.63. The van der Waals surface area contributed by atoms with Crippen molar-refractivity contribution in [1.82, 2.24) is 19.5 Å². The number of imidazole rings is 1. The summed E-state index contributed by atoms with van der Waals surface area (Å²) in [7, 11) is 0. The minimum absolute atomic E-state index is 0.0124. The number of nitrogens with two attached hydrogens (primary N) is 1. The normalized spacial score (nSPS) is 10.5. The number of nitrogens with zero attached hydrogens (tertiary/aromatic N) is 5. The summed E-state index contributed by atoms with van der Waals surface area (Å²) in [6.45, 7) is 2.71. The maximum atomic E-state index is 10.9. The maximum Gasteiger partial charge on any atom is 0.317 e. The number of nitro groups is 1. The molecule has 2 rings (SSSR count). The molecule has 18 heavy (non-hydrogen) atoms. The fourth-order valence-corrected chi connectivity index (χ4v) is 1.63. The van der Waals surface area contributed by atoms with Crippen LogP contribution in [-0.4, -0.2) is 24.4 Å². The molecule has 2 heterocycles. The molecule has 0 unspecified atom stereocenters. The second kappa shape index (κ2) is 4.78. The van der Waals surface area contributed by atoms with Crippen molar-refractivity contribution in [1.29, 1.82) is 0 Å². The summed E-state index contributed by atoms with van der Waals surface area (Å²) in [5.41, 5.74) is 5.42. The average molecular weight is 248 g/mol. The van der Waals surface area contributed by atoms with Crippen LogP contribution in [0.4, 0.5) is 11.6 Å². The lowest BCUT2D eigenvalue weighted by atomic mass is 10.3. The van der Waals surface area contributed by atoms with Gasteiger partial charge in [-0.2, -0.15) is 0 Å². The van der Waals surface area contributed by atoms with E-state index >= 15 is 0 Å². The van der Waals surface area contributed by atoms with Crippen molar-refractivity contribution in [3.8, 4) is 11.5 Å². The van der Waals surface area contributed by atoms with E-state index in [4.69, 9.17) is 5.73 Å². The molecule has 0 aliphatic heterocycles. The first kappa shape index (κ1) is 12.0. The smallest absolute Gasteiger partial charge is 0.317 e. The Morgan fingerprint density at radius 2 is 2.28 bits per heavy atom. The Morgan fingerprint density at radius 1 is 1.50 bits per heavy atom. The molecule has 8 heteroatoms. The highest BCUT2D eigenvalue weighted by molar-refractivity contribution is 5.64. The van der Waals surface area contributed by atoms with Gasteiger partial charge in [0.15, 0.2) is 11.5 Å². The highest BCUT2D eigenvalue weighted by atomic mass is 16.6. The largest absolute Gasteiger partial charge is 0.368 e. The predicted molar refractivity (Wildman–Crippen MR) is 64.6 cm³/mol. The Balaban J connectivity index is 2.58. The summed E-state index contributed by atoms with van der Waals surface area (Å²) < 4.78 is 1.80. The predicted octanol–water partition coefficient (Wildman–Crippen LogP) is 1.24. The van der Waals surface area contributed by atoms with Crippen molar-refractivity contribution < 1.29 is 4.92 Å². The van der Waals surface area contributed by atoms with Gasteiger partial charge in [0.05, 0.1) is 4.92 Å². The number of aryl methyl sites for hydroxylation is 1. The maximum absolute atomic E-state index is 10.9. The second-order valence-corrected chi connectivity index (χ2v) is 3.66. The van der Waals surface area contributed by atoms with Crippen LogP contribution in [0.5, 0.6) is 0 Å². The third-order valence-corrected chi connectivity index (χ3v) is 2.38. The zero-order valence-electron chi connectivity index (χ0n) is 9.78. The van der Waals surface area contributed by atoms with E-state index in [1.54, 1.807) is 17.0 Å². The summed E-state index contributed by atoms with van der Waals surface area (Å²) in [6.07, 6.45) is 5.31. The van der Waals surface area contributed by atoms with Crippen molar-refractivity contribution in [3.63, 3.8) is 0 Å². The van der Waals surface area contributed by atoms with Crippen molar-refractivity contribution in [2.75, 3.05) is 5.73 Å². The Morgan fingerprint density at radius 3 is 2.94 bits per heavy atom. The molecule has 2 aromatic heterocycles. The highest BCUT2D eigenvalue weighted by Crippen LogP contribution is 2.26. The molecule has 0 saturated carbocycles. The lowest BCUT2D eigenvalue weighted by molar-refractivity contribution is -0.384. The van der Waals surface area contributed by atoms with Crippen LogP contribution in [0.3, 0.4) is 0 Å². The number of hydrogen-bond acceptors (Lipinski definition) is 6. The monoisotopic (exact) mass is 248 g/mol. The second-order valence-electron chi connectivity index (χ2n) is 3.66. The molecule has 0 radical (unpaired) electrons. The van der Waals surface area contributed by atoms with Gasteiger partial charge in [0.2, 0.25) is 5.95 Å². The topological polar surface area (TPSA) is 113 Å². The molecule has 0 saturated heterocycles. The fraction of sp³-hybridized carbons (Fsp3) is 0.300. The van der Waals surface area contributed by atoms with Crippen molar-refractivity contribution in [2.24, 2.45) is 0 Å². The average Bonchev–Trinajstić information content (AvgIpc) is 2.77. The van der Waals surface area contributed by atoms with Crippen molar-refractivity contribution in [2.45, 2.75) is 19.9 Å². The molecule has 2 aromatic rings. The Hall–Kier alpha value is -2.51. The zero-order valence-corrected chi connectivity index (χ0v) is 9.78. The molecular formula is C10H12N6O2. The van der Waals surface area contributed by atoms with E-state index in [-0.39, 0.29) is 17.3 Å². The molecule has 0 aliphatic carbocycles. The van der Waals surface area contributed by atoms with Gasteiger partial charge >= 0.3 is 5.69 Å². The SMILES string of the molecule is CCCn1ccnc1-c1nc(N)ncc1[N+](=O)[O-]. The molecular weight excluding hydrogens is 236 g/mol. The quantitative estimate of drug-likeness (QED) is 0.643. The highest BCUT2D eigenvalue weighted by Gasteiger charge is 2.21. The third-order valence-electron chi connectivity index (χ3n) is 2.38. The van der Waals surface area contributed by atoms with Gasteiger partial charge in [-0.05, 0) is 6.42 Å². The van der Waals surface area contributed by atoms with Crippen LogP contribution in [0.15, 0.2) is 18.6 Å². The van der Waals surface area contributed by atoms with Crippen molar-refractivity contribution in [3.05, 3.63) is 28.7 Å². The van der Waals surface area contributed by atoms with Gasteiger partial charge in [-0.3, -0.25) is 10.1 Å². The number of rotatable bonds is 4. The molecule has 0 atom stereocenters. The lowest BCUT2D eigenvalue weighted by Gasteiger charge is -2.06. The molecule has 0 spiro atoms. The minimum atomic E-state index is -0.542. The van der Waals surface area contributed by atoms with Crippen LogP contribution >= 0.6 is 0 Å². The molecule has 0 aliphatic rings. The molecule has 0 aromatic carbocycles. The van der Waals surface area contributed by atoms with Crippen LogP contribution in [0.2, 0.25) is 0 Å². The van der Waals surface area contributed by atoms with Crippen LogP contribution in [0, 0.1) is 10.1 Å². The summed E-state index contributed by atoms with van der Waals surface area (Å²) in [5.74, 6) is 0.416. The van der Waals surface area contributed by atoms with Gasteiger partial charge in [-0.25, -0.2) is 15.0 Å². The summed E-state index contributed by atoms with van der Waals surface area (Å²) in [4.78, 5) is 22.1. The molecule has 2 N–H and O–H groups in total. The number of aromatic nitrogens is 4. The summed E-state index contributed by atoms with van der Waals surface area (Å²) in [5, 5.41) is 10.9. The molecule has 94 valence electrons. The van der Waals surface area contributed by atoms with E-state index < -0.39 is 4.92 Å². The first-order valence-corrected chi connectivity index (χ1v) is 5.42. The molecule has 8 nitrogen and oxygen atoms in total. The fourth-order valence-electron chi connectivity index (χ4n) is 1.63. The Labute approximate surface area is 103 Å². The van der Waals surface area contributed by atoms with E-state index in [9.17, 15) is 10.1 Å². The minimum Gasteiger partial charge on any atom is -0.368 e. The Kier molecular flexibility index (Phi) is 3.18. The number of nitrogen functional groups attached to an aromatic ring is 1. The van der Waals surface area contributed by atoms with Crippen LogP contribution in [0.1, 0.15) is 13.3 Å². The standard InChI is InChI=1S/C10H12N6O2/c1-2-4-15-5-3-12-9(15)8-7(16(17)18)6-13-10(11)14-8/h3,5-6H,2,4H2,1H3,(H2,11,13,14). The van der Waals surface area contributed by atoms with Crippen LogP contribution in [-0.2, 0) is 6.54 Å². The Bertz CT molecular complexity index is 579. The molecule has 0 amide bonds. The van der Waals surface area contributed by atoms with E-state index in [0.717, 1.165) is 12.6 Å². The van der Waals surface area contributed by atoms with E-state index in [1.807, 2.05) is 6.92 Å². The van der Waals surface area contributed by atoms with E-state index in [0.29, 0.717) is 12.4 Å². The van der Waals surface area contributed by atoms with E-state index in [2.05, 4.69) is 15.0 Å². The van der Waals surface area contributed by atoms with Gasteiger partial charge in [-0.1, -0.05) is 6.92 Å². The van der Waals surface area contributed by atoms with Gasteiger partial charge in [0, 0.05) is 18.9 Å². The molecule has 0 bridgehead atoms. The first-order valence-electron chi connectivity index (χ1n) is 5.42. The molecule has 0 fully saturated rings. The van der Waals surface area contributed by atoms with Gasteiger partial charge in [0.1, 0.15) is 6.20 Å². The lowest BCUT2D eigenvalue weighted by Crippen LogP contribution is -2.05. The van der Waals surface area contributed by atoms with Gasteiger partial charge in [-0.15, -0.1) is 0 Å². The number of anilines is 1. The summed E-state index contributed by atoms with van der Waals surface area (Å²) >= 11 is 0. The van der Waals surface area contributed by atoms with Gasteiger partial charge in [0.25, 0.3) is 0 Å².